The Morgan fingerprint density at radius 3 is 2.56 bits per heavy atom. The molecule has 0 spiro atoms. The minimum absolute atomic E-state index is 0.0950. The molecule has 1 N–H and O–H groups in total. The fourth-order valence-electron chi connectivity index (χ4n) is 1.41. The van der Waals surface area contributed by atoms with Crippen LogP contribution in [0.3, 0.4) is 0 Å². The van der Waals surface area contributed by atoms with E-state index in [9.17, 15) is 4.79 Å². The van der Waals surface area contributed by atoms with Crippen molar-refractivity contribution in [3.8, 4) is 0 Å². The highest BCUT2D eigenvalue weighted by Gasteiger charge is 2.24. The van der Waals surface area contributed by atoms with Gasteiger partial charge in [0, 0.05) is 5.54 Å². The Labute approximate surface area is 96.4 Å². The molecule has 1 heterocycles. The molecular weight excluding hydrogens is 204 g/mol. The van der Waals surface area contributed by atoms with Crippen molar-refractivity contribution >= 4 is 5.91 Å². The lowest BCUT2D eigenvalue weighted by molar-refractivity contribution is 0.0909. The van der Waals surface area contributed by atoms with E-state index in [1.165, 1.54) is 0 Å². The lowest BCUT2D eigenvalue weighted by atomic mass is 10.0. The van der Waals surface area contributed by atoms with Crippen LogP contribution < -0.4 is 5.32 Å². The van der Waals surface area contributed by atoms with Crippen LogP contribution in [0.25, 0.3) is 0 Å². The van der Waals surface area contributed by atoms with Crippen LogP contribution in [0, 0.1) is 6.92 Å². The molecule has 1 aromatic heterocycles. The van der Waals surface area contributed by atoms with E-state index in [0.717, 1.165) is 12.1 Å². The van der Waals surface area contributed by atoms with E-state index < -0.39 is 0 Å². The molecule has 1 aromatic rings. The Morgan fingerprint density at radius 2 is 2.06 bits per heavy atom. The van der Waals surface area contributed by atoms with Gasteiger partial charge in [-0.05, 0) is 33.6 Å². The number of aryl methyl sites for hydroxylation is 2. The predicted octanol–water partition coefficient (Wildman–Crippen LogP) is 2.46. The third kappa shape index (κ3) is 2.62. The third-order valence-electron chi connectivity index (χ3n) is 2.83. The van der Waals surface area contributed by atoms with Gasteiger partial charge >= 0.3 is 0 Å². The summed E-state index contributed by atoms with van der Waals surface area (Å²) >= 11 is 0. The highest BCUT2D eigenvalue weighted by atomic mass is 16.5. The topological polar surface area (TPSA) is 55.1 Å². The second-order valence-corrected chi connectivity index (χ2v) is 4.61. The van der Waals surface area contributed by atoms with E-state index in [1.807, 2.05) is 27.7 Å². The maximum Gasteiger partial charge on any atom is 0.257 e. The molecule has 4 heteroatoms. The van der Waals surface area contributed by atoms with Gasteiger partial charge in [0.15, 0.2) is 0 Å². The van der Waals surface area contributed by atoms with E-state index in [2.05, 4.69) is 10.5 Å². The molecule has 1 rings (SSSR count). The third-order valence-corrected chi connectivity index (χ3v) is 2.83. The van der Waals surface area contributed by atoms with Gasteiger partial charge in [0.1, 0.15) is 11.3 Å². The summed E-state index contributed by atoms with van der Waals surface area (Å²) in [5.74, 6) is 0.490. The van der Waals surface area contributed by atoms with Crippen LogP contribution in [-0.2, 0) is 6.42 Å². The van der Waals surface area contributed by atoms with Crippen molar-refractivity contribution in [1.82, 2.24) is 10.5 Å². The van der Waals surface area contributed by atoms with Crippen LogP contribution >= 0.6 is 0 Å². The molecule has 16 heavy (non-hydrogen) atoms. The number of nitrogens with zero attached hydrogens (tertiary/aromatic N) is 1. The summed E-state index contributed by atoms with van der Waals surface area (Å²) < 4.78 is 5.04. The Bertz CT molecular complexity index is 380. The second-order valence-electron chi connectivity index (χ2n) is 4.61. The van der Waals surface area contributed by atoms with Crippen LogP contribution in [0.15, 0.2) is 4.52 Å². The van der Waals surface area contributed by atoms with Gasteiger partial charge in [0.05, 0.1) is 5.69 Å². The summed E-state index contributed by atoms with van der Waals surface area (Å²) in [6, 6.07) is 0. The van der Waals surface area contributed by atoms with Gasteiger partial charge in [-0.15, -0.1) is 0 Å². The molecule has 0 fully saturated rings. The van der Waals surface area contributed by atoms with E-state index >= 15 is 0 Å². The van der Waals surface area contributed by atoms with E-state index in [4.69, 9.17) is 4.52 Å². The molecular formula is C12H20N2O2. The summed E-state index contributed by atoms with van der Waals surface area (Å²) in [4.78, 5) is 12.1. The van der Waals surface area contributed by atoms with Crippen LogP contribution in [0.4, 0.5) is 0 Å². The van der Waals surface area contributed by atoms with Crippen molar-refractivity contribution in [3.63, 3.8) is 0 Å². The zero-order valence-corrected chi connectivity index (χ0v) is 10.7. The maximum atomic E-state index is 12.1. The van der Waals surface area contributed by atoms with Gasteiger partial charge in [-0.25, -0.2) is 0 Å². The van der Waals surface area contributed by atoms with Crippen LogP contribution in [-0.4, -0.2) is 16.6 Å². The van der Waals surface area contributed by atoms with Gasteiger partial charge in [-0.3, -0.25) is 4.79 Å². The smallest absolute Gasteiger partial charge is 0.257 e. The molecule has 1 amide bonds. The monoisotopic (exact) mass is 224 g/mol. The minimum Gasteiger partial charge on any atom is -0.361 e. The number of hydrogen-bond acceptors (Lipinski definition) is 3. The molecule has 0 aliphatic carbocycles. The number of nitrogens with one attached hydrogen (secondary N) is 1. The van der Waals surface area contributed by atoms with Crippen LogP contribution in [0.1, 0.15) is 55.9 Å². The lowest BCUT2D eigenvalue weighted by Crippen LogP contribution is -2.43. The Hall–Kier alpha value is -1.32. The maximum absolute atomic E-state index is 12.1. The van der Waals surface area contributed by atoms with Crippen molar-refractivity contribution in [2.75, 3.05) is 0 Å². The average Bonchev–Trinajstić information content (AvgIpc) is 2.59. The number of aromatic nitrogens is 1. The molecule has 0 aliphatic heterocycles. The summed E-state index contributed by atoms with van der Waals surface area (Å²) in [6.45, 7) is 9.76. The quantitative estimate of drug-likeness (QED) is 0.854. The first-order valence-electron chi connectivity index (χ1n) is 5.69. The first-order chi connectivity index (χ1) is 7.41. The van der Waals surface area contributed by atoms with Crippen molar-refractivity contribution in [2.24, 2.45) is 0 Å². The molecule has 0 atom stereocenters. The van der Waals surface area contributed by atoms with Crippen molar-refractivity contribution in [2.45, 2.75) is 53.0 Å². The Balaban J connectivity index is 2.92. The summed E-state index contributed by atoms with van der Waals surface area (Å²) in [6.07, 6.45) is 1.58. The van der Waals surface area contributed by atoms with Gasteiger partial charge in [0.25, 0.3) is 5.91 Å². The number of carbonyl (C=O) groups is 1. The fourth-order valence-corrected chi connectivity index (χ4v) is 1.41. The largest absolute Gasteiger partial charge is 0.361 e. The predicted molar refractivity (Wildman–Crippen MR) is 62.5 cm³/mol. The SMILES string of the molecule is CCc1noc(C)c1C(=O)NC(C)(C)CC. The molecule has 90 valence electrons. The number of rotatable bonds is 4. The van der Waals surface area contributed by atoms with Crippen molar-refractivity contribution in [3.05, 3.63) is 17.0 Å². The molecule has 4 nitrogen and oxygen atoms in total. The van der Waals surface area contributed by atoms with Gasteiger partial charge < -0.3 is 9.84 Å². The molecule has 0 unspecified atom stereocenters. The van der Waals surface area contributed by atoms with Gasteiger partial charge in [-0.2, -0.15) is 0 Å². The first-order valence-corrected chi connectivity index (χ1v) is 5.69. The van der Waals surface area contributed by atoms with Crippen molar-refractivity contribution < 1.29 is 9.32 Å². The Kier molecular flexibility index (Phi) is 3.73. The first kappa shape index (κ1) is 12.7. The lowest BCUT2D eigenvalue weighted by Gasteiger charge is -2.24. The van der Waals surface area contributed by atoms with Crippen LogP contribution in [0.5, 0.6) is 0 Å². The molecule has 0 aromatic carbocycles. The van der Waals surface area contributed by atoms with E-state index in [-0.39, 0.29) is 11.4 Å². The number of carbonyl (C=O) groups excluding carboxylic acids is 1. The molecule has 0 bridgehead atoms. The second kappa shape index (κ2) is 4.68. The van der Waals surface area contributed by atoms with Crippen LogP contribution in [0.2, 0.25) is 0 Å². The normalized spacial score (nSPS) is 11.6. The zero-order chi connectivity index (χ0) is 12.3. The highest BCUT2D eigenvalue weighted by molar-refractivity contribution is 5.96. The molecule has 0 saturated carbocycles. The summed E-state index contributed by atoms with van der Waals surface area (Å²) in [5.41, 5.74) is 1.11. The Morgan fingerprint density at radius 1 is 1.44 bits per heavy atom. The van der Waals surface area contributed by atoms with E-state index in [1.54, 1.807) is 6.92 Å². The minimum atomic E-state index is -0.203. The van der Waals surface area contributed by atoms with Gasteiger partial charge in [0.2, 0.25) is 0 Å². The zero-order valence-electron chi connectivity index (χ0n) is 10.7. The fraction of sp³-hybridized carbons (Fsp3) is 0.667. The molecule has 0 aliphatic rings. The van der Waals surface area contributed by atoms with E-state index in [0.29, 0.717) is 17.7 Å². The summed E-state index contributed by atoms with van der Waals surface area (Å²) in [5, 5.41) is 6.86. The standard InChI is InChI=1S/C12H20N2O2/c1-6-9-10(8(3)16-14-9)11(15)13-12(4,5)7-2/h6-7H2,1-5H3,(H,13,15). The number of amides is 1. The number of hydrogen-bond donors (Lipinski definition) is 1. The van der Waals surface area contributed by atoms with Crippen molar-refractivity contribution in [1.29, 1.82) is 0 Å². The van der Waals surface area contributed by atoms with Gasteiger partial charge in [-0.1, -0.05) is 19.0 Å². The highest BCUT2D eigenvalue weighted by Crippen LogP contribution is 2.16. The molecule has 0 radical (unpaired) electrons. The molecule has 0 saturated heterocycles. The summed E-state index contributed by atoms with van der Waals surface area (Å²) in [7, 11) is 0. The average molecular weight is 224 g/mol.